The molecule has 1 unspecified atom stereocenters. The van der Waals surface area contributed by atoms with Gasteiger partial charge in [0.25, 0.3) is 0 Å². The Hall–Kier alpha value is -1.68. The predicted octanol–water partition coefficient (Wildman–Crippen LogP) is 1.92. The van der Waals surface area contributed by atoms with Gasteiger partial charge in [0.2, 0.25) is 0 Å². The first-order chi connectivity index (χ1) is 8.20. The highest BCUT2D eigenvalue weighted by molar-refractivity contribution is 5.30. The third kappa shape index (κ3) is 2.71. The molecule has 0 saturated heterocycles. The summed E-state index contributed by atoms with van der Waals surface area (Å²) in [6.07, 6.45) is 2.69. The molecule has 0 radical (unpaired) electrons. The largest absolute Gasteiger partial charge is 0.311 e. The van der Waals surface area contributed by atoms with Crippen LogP contribution in [-0.4, -0.2) is 22.5 Å². The van der Waals surface area contributed by atoms with Crippen molar-refractivity contribution in [1.82, 2.24) is 20.7 Å². The summed E-state index contributed by atoms with van der Waals surface area (Å²) in [6, 6.07) is 6.78. The second kappa shape index (κ2) is 5.10. The van der Waals surface area contributed by atoms with Crippen LogP contribution in [0.3, 0.4) is 0 Å². The summed E-state index contributed by atoms with van der Waals surface area (Å²) in [5, 5.41) is 13.9. The lowest BCUT2D eigenvalue weighted by molar-refractivity contribution is 0.574. The van der Waals surface area contributed by atoms with Gasteiger partial charge in [0, 0.05) is 0 Å². The Morgan fingerprint density at radius 1 is 1.29 bits per heavy atom. The molecular formula is C13H18N4. The Morgan fingerprint density at radius 2 is 2.12 bits per heavy atom. The van der Waals surface area contributed by atoms with Gasteiger partial charge in [-0.1, -0.05) is 18.2 Å². The van der Waals surface area contributed by atoms with Gasteiger partial charge in [-0.3, -0.25) is 0 Å². The molecule has 0 spiro atoms. The Balaban J connectivity index is 2.16. The van der Waals surface area contributed by atoms with Gasteiger partial charge in [0.15, 0.2) is 0 Å². The molecule has 4 heteroatoms. The summed E-state index contributed by atoms with van der Waals surface area (Å²) in [5.74, 6) is 0. The second-order valence-corrected chi connectivity index (χ2v) is 4.36. The van der Waals surface area contributed by atoms with E-state index < -0.39 is 0 Å². The van der Waals surface area contributed by atoms with Crippen LogP contribution in [0.15, 0.2) is 24.4 Å². The zero-order valence-corrected chi connectivity index (χ0v) is 10.5. The monoisotopic (exact) mass is 230 g/mol. The molecule has 0 aliphatic rings. The van der Waals surface area contributed by atoms with Crippen LogP contribution >= 0.6 is 0 Å². The Morgan fingerprint density at radius 3 is 2.71 bits per heavy atom. The molecule has 2 rings (SSSR count). The molecule has 0 saturated carbocycles. The van der Waals surface area contributed by atoms with E-state index in [0.717, 1.165) is 12.1 Å². The van der Waals surface area contributed by atoms with Crippen molar-refractivity contribution in [3.8, 4) is 0 Å². The highest BCUT2D eigenvalue weighted by atomic mass is 15.3. The maximum Gasteiger partial charge on any atom is 0.0997 e. The molecule has 4 nitrogen and oxygen atoms in total. The Kier molecular flexibility index (Phi) is 3.54. The number of hydrogen-bond donors (Lipinski definition) is 2. The van der Waals surface area contributed by atoms with E-state index in [4.69, 9.17) is 0 Å². The number of aromatic amines is 1. The van der Waals surface area contributed by atoms with Crippen LogP contribution in [0.25, 0.3) is 0 Å². The van der Waals surface area contributed by atoms with Gasteiger partial charge in [-0.25, -0.2) is 0 Å². The van der Waals surface area contributed by atoms with E-state index in [9.17, 15) is 0 Å². The average molecular weight is 230 g/mol. The molecule has 1 atom stereocenters. The van der Waals surface area contributed by atoms with Crippen molar-refractivity contribution < 1.29 is 0 Å². The molecule has 0 fully saturated rings. The first-order valence-electron chi connectivity index (χ1n) is 5.79. The molecule has 1 aromatic heterocycles. The minimum Gasteiger partial charge on any atom is -0.311 e. The van der Waals surface area contributed by atoms with Crippen molar-refractivity contribution in [2.75, 3.05) is 7.05 Å². The first-order valence-corrected chi connectivity index (χ1v) is 5.79. The van der Waals surface area contributed by atoms with Crippen molar-refractivity contribution in [3.05, 3.63) is 46.8 Å². The Bertz CT molecular complexity index is 476. The first kappa shape index (κ1) is 11.8. The van der Waals surface area contributed by atoms with Crippen molar-refractivity contribution >= 4 is 0 Å². The summed E-state index contributed by atoms with van der Waals surface area (Å²) in [7, 11) is 1.94. The summed E-state index contributed by atoms with van der Waals surface area (Å²) in [6.45, 7) is 4.27. The minimum atomic E-state index is 0.204. The van der Waals surface area contributed by atoms with E-state index >= 15 is 0 Å². The number of nitrogens with one attached hydrogen (secondary N) is 2. The number of benzene rings is 1. The van der Waals surface area contributed by atoms with E-state index in [0.29, 0.717) is 0 Å². The maximum atomic E-state index is 4.12. The standard InChI is InChI=1S/C13H18N4/c1-9-4-5-11(6-10(9)2)7-12(14-3)13-8-15-17-16-13/h4-6,8,12,14H,7H2,1-3H3,(H,15,16,17). The van der Waals surface area contributed by atoms with Gasteiger partial charge >= 0.3 is 0 Å². The average Bonchev–Trinajstić information content (AvgIpc) is 2.84. The van der Waals surface area contributed by atoms with Crippen LogP contribution in [0, 0.1) is 13.8 Å². The van der Waals surface area contributed by atoms with E-state index in [1.165, 1.54) is 16.7 Å². The van der Waals surface area contributed by atoms with E-state index in [1.807, 2.05) is 7.05 Å². The van der Waals surface area contributed by atoms with Gasteiger partial charge in [0.05, 0.1) is 17.9 Å². The van der Waals surface area contributed by atoms with Gasteiger partial charge < -0.3 is 5.32 Å². The molecule has 0 aliphatic carbocycles. The zero-order chi connectivity index (χ0) is 12.3. The molecule has 2 aromatic rings. The van der Waals surface area contributed by atoms with Crippen LogP contribution < -0.4 is 5.32 Å². The topological polar surface area (TPSA) is 53.6 Å². The number of aryl methyl sites for hydroxylation is 2. The lowest BCUT2D eigenvalue weighted by atomic mass is 10.00. The summed E-state index contributed by atoms with van der Waals surface area (Å²) < 4.78 is 0. The molecule has 0 aliphatic heterocycles. The molecule has 0 bridgehead atoms. The maximum absolute atomic E-state index is 4.12. The summed E-state index contributed by atoms with van der Waals surface area (Å²) in [4.78, 5) is 0. The number of nitrogens with zero attached hydrogens (tertiary/aromatic N) is 2. The van der Waals surface area contributed by atoms with Gasteiger partial charge in [0.1, 0.15) is 0 Å². The van der Waals surface area contributed by atoms with Crippen LogP contribution in [-0.2, 0) is 6.42 Å². The highest BCUT2D eigenvalue weighted by Crippen LogP contribution is 2.17. The molecule has 90 valence electrons. The van der Waals surface area contributed by atoms with E-state index in [2.05, 4.69) is 52.8 Å². The lowest BCUT2D eigenvalue weighted by Crippen LogP contribution is -2.19. The Labute approximate surface area is 101 Å². The molecule has 2 N–H and O–H groups in total. The number of H-pyrrole nitrogens is 1. The van der Waals surface area contributed by atoms with Crippen LogP contribution in [0.1, 0.15) is 28.4 Å². The minimum absolute atomic E-state index is 0.204. The lowest BCUT2D eigenvalue weighted by Gasteiger charge is -2.14. The van der Waals surface area contributed by atoms with Gasteiger partial charge in [-0.2, -0.15) is 15.4 Å². The van der Waals surface area contributed by atoms with Crippen LogP contribution in [0.4, 0.5) is 0 Å². The number of hydrogen-bond acceptors (Lipinski definition) is 3. The van der Waals surface area contributed by atoms with Crippen molar-refractivity contribution in [1.29, 1.82) is 0 Å². The summed E-state index contributed by atoms with van der Waals surface area (Å²) in [5.41, 5.74) is 4.93. The molecule has 0 amide bonds. The molecule has 1 heterocycles. The van der Waals surface area contributed by atoms with Gasteiger partial charge in [-0.15, -0.1) is 0 Å². The SMILES string of the molecule is CNC(Cc1ccc(C)c(C)c1)c1cn[nH]n1. The quantitative estimate of drug-likeness (QED) is 0.843. The van der Waals surface area contributed by atoms with Crippen molar-refractivity contribution in [3.63, 3.8) is 0 Å². The highest BCUT2D eigenvalue weighted by Gasteiger charge is 2.12. The fourth-order valence-electron chi connectivity index (χ4n) is 1.90. The molecule has 1 aromatic carbocycles. The zero-order valence-electron chi connectivity index (χ0n) is 10.5. The van der Waals surface area contributed by atoms with Crippen molar-refractivity contribution in [2.24, 2.45) is 0 Å². The second-order valence-electron chi connectivity index (χ2n) is 4.36. The third-order valence-corrected chi connectivity index (χ3v) is 3.15. The molecule has 17 heavy (non-hydrogen) atoms. The van der Waals surface area contributed by atoms with Crippen LogP contribution in [0.2, 0.25) is 0 Å². The fourth-order valence-corrected chi connectivity index (χ4v) is 1.90. The van der Waals surface area contributed by atoms with Crippen LogP contribution in [0.5, 0.6) is 0 Å². The van der Waals surface area contributed by atoms with Gasteiger partial charge in [-0.05, 0) is 44.0 Å². The molecular weight excluding hydrogens is 212 g/mol. The summed E-state index contributed by atoms with van der Waals surface area (Å²) >= 11 is 0. The van der Waals surface area contributed by atoms with E-state index in [-0.39, 0.29) is 6.04 Å². The normalized spacial score (nSPS) is 12.6. The third-order valence-electron chi connectivity index (χ3n) is 3.15. The van der Waals surface area contributed by atoms with E-state index in [1.54, 1.807) is 6.20 Å². The smallest absolute Gasteiger partial charge is 0.0997 e. The fraction of sp³-hybridized carbons (Fsp3) is 0.385. The predicted molar refractivity (Wildman–Crippen MR) is 67.8 cm³/mol. The number of aromatic nitrogens is 3. The number of likely N-dealkylation sites (N-methyl/N-ethyl adjacent to an activating group) is 1. The number of rotatable bonds is 4. The van der Waals surface area contributed by atoms with Crippen molar-refractivity contribution in [2.45, 2.75) is 26.3 Å².